The van der Waals surface area contributed by atoms with Crippen molar-refractivity contribution in [1.29, 1.82) is 0 Å². The lowest BCUT2D eigenvalue weighted by molar-refractivity contribution is 0.0601. The Morgan fingerprint density at radius 3 is 2.41 bits per heavy atom. The highest BCUT2D eigenvalue weighted by molar-refractivity contribution is 5.97. The number of aryl methyl sites for hydroxylation is 1. The molecule has 1 N–H and O–H groups in total. The summed E-state index contributed by atoms with van der Waals surface area (Å²) < 4.78 is 20.8. The zero-order valence-corrected chi connectivity index (χ0v) is 16.8. The van der Waals surface area contributed by atoms with E-state index in [-0.39, 0.29) is 0 Å². The van der Waals surface area contributed by atoms with Crippen molar-refractivity contribution in [3.63, 3.8) is 0 Å². The number of hydrogen-bond acceptors (Lipinski definition) is 7. The summed E-state index contributed by atoms with van der Waals surface area (Å²) in [4.78, 5) is 24.2. The average Bonchev–Trinajstić information content (AvgIpc) is 2.75. The molecule has 0 radical (unpaired) electrons. The van der Waals surface area contributed by atoms with Crippen LogP contribution in [0, 0.1) is 0 Å². The van der Waals surface area contributed by atoms with Crippen LogP contribution < -0.4 is 20.4 Å². The molecule has 0 aliphatic rings. The maximum atomic E-state index is 12.2. The zero-order valence-electron chi connectivity index (χ0n) is 16.8. The second-order valence-electron chi connectivity index (χ2n) is 6.37. The minimum atomic E-state index is -0.515. The Kier molecular flexibility index (Phi) is 6.07. The van der Waals surface area contributed by atoms with Gasteiger partial charge >= 0.3 is 11.6 Å². The number of carbonyl (C=O) groups excluding carboxylic acids is 1. The highest BCUT2D eigenvalue weighted by Gasteiger charge is 2.18. The minimum Gasteiger partial charge on any atom is -0.493 e. The van der Waals surface area contributed by atoms with Gasteiger partial charge in [-0.1, -0.05) is 19.1 Å². The predicted molar refractivity (Wildman–Crippen MR) is 110 cm³/mol. The summed E-state index contributed by atoms with van der Waals surface area (Å²) in [5, 5.41) is 4.03. The minimum absolute atomic E-state index is 0.297. The van der Waals surface area contributed by atoms with Gasteiger partial charge in [0.1, 0.15) is 5.58 Å². The van der Waals surface area contributed by atoms with Crippen LogP contribution in [-0.2, 0) is 17.7 Å². The maximum Gasteiger partial charge on any atom is 0.340 e. The molecule has 0 amide bonds. The number of benzene rings is 2. The second kappa shape index (κ2) is 8.68. The van der Waals surface area contributed by atoms with E-state index in [0.29, 0.717) is 34.9 Å². The van der Waals surface area contributed by atoms with Crippen molar-refractivity contribution in [2.24, 2.45) is 0 Å². The van der Waals surface area contributed by atoms with Crippen molar-refractivity contribution < 1.29 is 23.4 Å². The summed E-state index contributed by atoms with van der Waals surface area (Å²) in [5.41, 5.74) is 2.74. The Morgan fingerprint density at radius 2 is 1.76 bits per heavy atom. The van der Waals surface area contributed by atoms with Gasteiger partial charge in [0.15, 0.2) is 11.5 Å². The SMILES string of the molecule is CCc1ccc2c(CNc3cc(OC)c(OC)cc3C(=O)OC)cc(=O)oc2c1. The van der Waals surface area contributed by atoms with Gasteiger partial charge in [-0.25, -0.2) is 9.59 Å². The lowest BCUT2D eigenvalue weighted by atomic mass is 10.1. The van der Waals surface area contributed by atoms with Crippen LogP contribution >= 0.6 is 0 Å². The topological polar surface area (TPSA) is 87.0 Å². The van der Waals surface area contributed by atoms with E-state index >= 15 is 0 Å². The van der Waals surface area contributed by atoms with E-state index in [1.54, 1.807) is 12.1 Å². The number of anilines is 1. The second-order valence-corrected chi connectivity index (χ2v) is 6.37. The molecule has 29 heavy (non-hydrogen) atoms. The van der Waals surface area contributed by atoms with Gasteiger partial charge in [-0.3, -0.25) is 0 Å². The van der Waals surface area contributed by atoms with Crippen LogP contribution in [0.2, 0.25) is 0 Å². The highest BCUT2D eigenvalue weighted by Crippen LogP contribution is 2.34. The molecule has 1 aromatic heterocycles. The summed E-state index contributed by atoms with van der Waals surface area (Å²) in [6, 6.07) is 10.5. The van der Waals surface area contributed by atoms with Crippen LogP contribution in [-0.4, -0.2) is 27.3 Å². The van der Waals surface area contributed by atoms with Crippen molar-refractivity contribution in [2.45, 2.75) is 19.9 Å². The van der Waals surface area contributed by atoms with E-state index < -0.39 is 11.6 Å². The molecule has 3 aromatic rings. The molecule has 152 valence electrons. The number of nitrogens with one attached hydrogen (secondary N) is 1. The molecule has 0 saturated heterocycles. The van der Waals surface area contributed by atoms with Gasteiger partial charge < -0.3 is 23.9 Å². The molecule has 7 heteroatoms. The molecule has 0 atom stereocenters. The van der Waals surface area contributed by atoms with E-state index in [9.17, 15) is 9.59 Å². The lowest BCUT2D eigenvalue weighted by Gasteiger charge is -2.16. The Hall–Kier alpha value is -3.48. The van der Waals surface area contributed by atoms with Crippen LogP contribution in [0.3, 0.4) is 0 Å². The van der Waals surface area contributed by atoms with Gasteiger partial charge in [-0.2, -0.15) is 0 Å². The molecule has 1 heterocycles. The van der Waals surface area contributed by atoms with Crippen molar-refractivity contribution >= 4 is 22.6 Å². The monoisotopic (exact) mass is 397 g/mol. The third-order valence-corrected chi connectivity index (χ3v) is 4.70. The van der Waals surface area contributed by atoms with Gasteiger partial charge in [-0.05, 0) is 23.6 Å². The Labute approximate surface area is 168 Å². The number of ether oxygens (including phenoxy) is 3. The molecular formula is C22H23NO6. The third kappa shape index (κ3) is 4.18. The lowest BCUT2D eigenvalue weighted by Crippen LogP contribution is -2.11. The first-order chi connectivity index (χ1) is 14.0. The van der Waals surface area contributed by atoms with Crippen molar-refractivity contribution in [2.75, 3.05) is 26.6 Å². The van der Waals surface area contributed by atoms with Gasteiger partial charge in [0, 0.05) is 30.1 Å². The van der Waals surface area contributed by atoms with E-state index in [1.165, 1.54) is 27.4 Å². The normalized spacial score (nSPS) is 10.6. The largest absolute Gasteiger partial charge is 0.493 e. The van der Waals surface area contributed by atoms with Crippen LogP contribution in [0.15, 0.2) is 45.6 Å². The van der Waals surface area contributed by atoms with Crippen LogP contribution in [0.25, 0.3) is 11.0 Å². The molecule has 0 aliphatic heterocycles. The maximum absolute atomic E-state index is 12.2. The predicted octanol–water partition coefficient (Wildman–Crippen LogP) is 3.77. The molecule has 0 bridgehead atoms. The molecule has 0 aliphatic carbocycles. The van der Waals surface area contributed by atoms with E-state index in [2.05, 4.69) is 5.32 Å². The number of methoxy groups -OCH3 is 3. The first-order valence-electron chi connectivity index (χ1n) is 9.14. The van der Waals surface area contributed by atoms with Crippen molar-refractivity contribution in [3.8, 4) is 11.5 Å². The Morgan fingerprint density at radius 1 is 1.03 bits per heavy atom. The van der Waals surface area contributed by atoms with Crippen LogP contribution in [0.5, 0.6) is 11.5 Å². The Balaban J connectivity index is 2.01. The molecule has 7 nitrogen and oxygen atoms in total. The molecule has 0 unspecified atom stereocenters. The molecule has 0 saturated carbocycles. The van der Waals surface area contributed by atoms with E-state index in [1.807, 2.05) is 25.1 Å². The first kappa shape index (κ1) is 20.3. The summed E-state index contributed by atoms with van der Waals surface area (Å²) in [6.07, 6.45) is 0.844. The molecule has 3 rings (SSSR count). The summed E-state index contributed by atoms with van der Waals surface area (Å²) in [6.45, 7) is 2.34. The highest BCUT2D eigenvalue weighted by atomic mass is 16.5. The van der Waals surface area contributed by atoms with Crippen LogP contribution in [0.4, 0.5) is 5.69 Å². The van der Waals surface area contributed by atoms with Crippen molar-refractivity contribution in [1.82, 2.24) is 0 Å². The number of carbonyl (C=O) groups is 1. The fourth-order valence-electron chi connectivity index (χ4n) is 3.14. The van der Waals surface area contributed by atoms with Crippen molar-refractivity contribution in [3.05, 3.63) is 63.5 Å². The van der Waals surface area contributed by atoms with E-state index in [4.69, 9.17) is 18.6 Å². The first-order valence-corrected chi connectivity index (χ1v) is 9.14. The van der Waals surface area contributed by atoms with Gasteiger partial charge in [-0.15, -0.1) is 0 Å². The zero-order chi connectivity index (χ0) is 21.0. The number of rotatable bonds is 7. The molecule has 0 spiro atoms. The smallest absolute Gasteiger partial charge is 0.340 e. The Bertz CT molecular complexity index is 1100. The van der Waals surface area contributed by atoms with Gasteiger partial charge in [0.05, 0.1) is 32.6 Å². The van der Waals surface area contributed by atoms with Gasteiger partial charge in [0.2, 0.25) is 0 Å². The fraction of sp³-hybridized carbons (Fsp3) is 0.273. The number of fused-ring (bicyclic) bond motifs is 1. The fourth-order valence-corrected chi connectivity index (χ4v) is 3.14. The number of esters is 1. The summed E-state index contributed by atoms with van der Waals surface area (Å²) in [5.74, 6) is 0.363. The average molecular weight is 397 g/mol. The quantitative estimate of drug-likeness (QED) is 0.480. The number of hydrogen-bond donors (Lipinski definition) is 1. The standard InChI is InChI=1S/C22H23NO6/c1-5-13-6-7-15-14(9-21(24)29-18(15)8-13)12-23-17-11-20(27-3)19(26-2)10-16(17)22(25)28-4/h6-11,23H,5,12H2,1-4H3. The summed E-state index contributed by atoms with van der Waals surface area (Å²) >= 11 is 0. The molecule has 0 fully saturated rings. The van der Waals surface area contributed by atoms with Crippen LogP contribution in [0.1, 0.15) is 28.4 Å². The van der Waals surface area contributed by atoms with Gasteiger partial charge in [0.25, 0.3) is 0 Å². The third-order valence-electron chi connectivity index (χ3n) is 4.70. The molecule has 2 aromatic carbocycles. The van der Waals surface area contributed by atoms with E-state index in [0.717, 1.165) is 22.9 Å². The molecular weight excluding hydrogens is 374 g/mol. The summed E-state index contributed by atoms with van der Waals surface area (Å²) in [7, 11) is 4.32.